The first kappa shape index (κ1) is 18.4. The van der Waals surface area contributed by atoms with Crippen molar-refractivity contribution in [2.45, 2.75) is 25.4 Å². The molecule has 0 saturated carbocycles. The van der Waals surface area contributed by atoms with Gasteiger partial charge in [-0.25, -0.2) is 0 Å². The molecule has 9 heteroatoms. The van der Waals surface area contributed by atoms with Crippen molar-refractivity contribution in [1.29, 1.82) is 0 Å². The van der Waals surface area contributed by atoms with E-state index in [1.807, 2.05) is 0 Å². The third kappa shape index (κ3) is 3.74. The van der Waals surface area contributed by atoms with Crippen molar-refractivity contribution in [3.8, 4) is 5.75 Å². The van der Waals surface area contributed by atoms with Gasteiger partial charge in [0.05, 0.1) is 13.7 Å². The first-order chi connectivity index (χ1) is 11.8. The molecule has 3 aliphatic rings. The fourth-order valence-corrected chi connectivity index (χ4v) is 4.84. The van der Waals surface area contributed by atoms with Gasteiger partial charge in [0.1, 0.15) is 12.0 Å². The SMILES string of the molecule is COc1coc(CN2C[C@H]3CC[C@@H]2CN(S(=O)(=O)N(C)C)C3)cc1=O. The van der Waals surface area contributed by atoms with E-state index in [1.54, 1.807) is 18.4 Å². The zero-order valence-corrected chi connectivity index (χ0v) is 15.7. The lowest BCUT2D eigenvalue weighted by Crippen LogP contribution is -2.45. The number of piperidine rings is 1. The molecule has 1 aromatic rings. The van der Waals surface area contributed by atoms with Gasteiger partial charge in [-0.3, -0.25) is 9.69 Å². The number of methoxy groups -OCH3 is 1. The lowest BCUT2D eigenvalue weighted by atomic mass is 9.95. The highest BCUT2D eigenvalue weighted by Crippen LogP contribution is 2.30. The van der Waals surface area contributed by atoms with Crippen LogP contribution in [0.5, 0.6) is 5.75 Å². The molecule has 4 rings (SSSR count). The maximum absolute atomic E-state index is 12.5. The highest BCUT2D eigenvalue weighted by atomic mass is 32.2. The molecule has 8 nitrogen and oxygen atoms in total. The van der Waals surface area contributed by atoms with Crippen molar-refractivity contribution < 1.29 is 17.6 Å². The molecule has 0 radical (unpaired) electrons. The number of fused-ring (bicyclic) bond motifs is 4. The predicted molar refractivity (Wildman–Crippen MR) is 92.6 cm³/mol. The van der Waals surface area contributed by atoms with Gasteiger partial charge in [0, 0.05) is 45.8 Å². The number of rotatable bonds is 5. The van der Waals surface area contributed by atoms with E-state index >= 15 is 0 Å². The summed E-state index contributed by atoms with van der Waals surface area (Å²) in [6, 6.07) is 1.58. The lowest BCUT2D eigenvalue weighted by molar-refractivity contribution is 0.115. The summed E-state index contributed by atoms with van der Waals surface area (Å²) < 4.78 is 38.3. The van der Waals surface area contributed by atoms with Crippen LogP contribution in [-0.4, -0.2) is 68.8 Å². The fourth-order valence-electron chi connectivity index (χ4n) is 3.62. The summed E-state index contributed by atoms with van der Waals surface area (Å²) in [5.74, 6) is 1.04. The quantitative estimate of drug-likeness (QED) is 0.743. The Bertz CT molecular complexity index is 776. The first-order valence-electron chi connectivity index (χ1n) is 8.38. The molecule has 3 aliphatic heterocycles. The molecule has 0 aliphatic carbocycles. The average Bonchev–Trinajstić information content (AvgIpc) is 2.87. The van der Waals surface area contributed by atoms with Gasteiger partial charge >= 0.3 is 0 Å². The molecule has 0 aromatic carbocycles. The minimum absolute atomic E-state index is 0.126. The van der Waals surface area contributed by atoms with Crippen LogP contribution < -0.4 is 10.2 Å². The number of hydrogen-bond acceptors (Lipinski definition) is 6. The Morgan fingerprint density at radius 2 is 2.04 bits per heavy atom. The normalized spacial score (nSPS) is 25.3. The number of ether oxygens (including phenoxy) is 1. The zero-order valence-electron chi connectivity index (χ0n) is 14.8. The predicted octanol–water partition coefficient (Wildman–Crippen LogP) is 0.351. The van der Waals surface area contributed by atoms with Gasteiger partial charge in [-0.15, -0.1) is 0 Å². The maximum Gasteiger partial charge on any atom is 0.281 e. The van der Waals surface area contributed by atoms with Crippen molar-refractivity contribution in [3.63, 3.8) is 0 Å². The zero-order chi connectivity index (χ0) is 18.2. The average molecular weight is 371 g/mol. The molecule has 0 spiro atoms. The van der Waals surface area contributed by atoms with E-state index in [1.165, 1.54) is 23.7 Å². The van der Waals surface area contributed by atoms with Crippen LogP contribution in [0.15, 0.2) is 21.5 Å². The molecular weight excluding hydrogens is 346 g/mol. The molecular formula is C16H25N3O5S. The van der Waals surface area contributed by atoms with Crippen molar-refractivity contribution in [2.24, 2.45) is 5.92 Å². The van der Waals surface area contributed by atoms with Gasteiger partial charge in [0.25, 0.3) is 10.2 Å². The van der Waals surface area contributed by atoms with Gasteiger partial charge in [-0.1, -0.05) is 0 Å². The fraction of sp³-hybridized carbons (Fsp3) is 0.688. The van der Waals surface area contributed by atoms with Gasteiger partial charge in [-0.05, 0) is 18.8 Å². The smallest absolute Gasteiger partial charge is 0.281 e. The van der Waals surface area contributed by atoms with Crippen LogP contribution in [0.1, 0.15) is 18.6 Å². The second kappa shape index (κ2) is 7.06. The molecule has 3 fully saturated rings. The van der Waals surface area contributed by atoms with Crippen molar-refractivity contribution in [1.82, 2.24) is 13.5 Å². The van der Waals surface area contributed by atoms with E-state index in [-0.39, 0.29) is 17.2 Å². The lowest BCUT2D eigenvalue weighted by Gasteiger charge is -2.35. The Kier molecular flexibility index (Phi) is 5.19. The van der Waals surface area contributed by atoms with Crippen LogP contribution in [0.3, 0.4) is 0 Å². The van der Waals surface area contributed by atoms with Gasteiger partial charge in [0.15, 0.2) is 0 Å². The van der Waals surface area contributed by atoms with Crippen LogP contribution >= 0.6 is 0 Å². The van der Waals surface area contributed by atoms with E-state index in [0.29, 0.717) is 31.3 Å². The second-order valence-electron chi connectivity index (χ2n) is 6.91. The molecule has 0 unspecified atom stereocenters. The summed E-state index contributed by atoms with van der Waals surface area (Å²) in [5.41, 5.74) is -0.208. The van der Waals surface area contributed by atoms with E-state index in [2.05, 4.69) is 4.90 Å². The van der Waals surface area contributed by atoms with E-state index in [4.69, 9.17) is 9.15 Å². The summed E-state index contributed by atoms with van der Waals surface area (Å²) in [4.78, 5) is 14.1. The Morgan fingerprint density at radius 1 is 1.28 bits per heavy atom. The van der Waals surface area contributed by atoms with Gasteiger partial charge in [0.2, 0.25) is 11.2 Å². The highest BCUT2D eigenvalue weighted by Gasteiger charge is 2.39. The Labute approximate surface area is 148 Å². The summed E-state index contributed by atoms with van der Waals surface area (Å²) >= 11 is 0. The van der Waals surface area contributed by atoms with Gasteiger partial charge in [-0.2, -0.15) is 17.0 Å². The summed E-state index contributed by atoms with van der Waals surface area (Å²) in [5, 5.41) is 0. The largest absolute Gasteiger partial charge is 0.490 e. The molecule has 2 bridgehead atoms. The molecule has 0 amide bonds. The molecule has 25 heavy (non-hydrogen) atoms. The van der Waals surface area contributed by atoms with Crippen LogP contribution in [0.25, 0.3) is 0 Å². The first-order valence-corrected chi connectivity index (χ1v) is 9.78. The minimum Gasteiger partial charge on any atom is -0.490 e. The second-order valence-corrected chi connectivity index (χ2v) is 9.06. The molecule has 140 valence electrons. The van der Waals surface area contributed by atoms with Crippen molar-refractivity contribution >= 4 is 10.2 Å². The molecule has 4 heterocycles. The van der Waals surface area contributed by atoms with Gasteiger partial charge < -0.3 is 9.15 Å². The van der Waals surface area contributed by atoms with Crippen LogP contribution in [-0.2, 0) is 16.8 Å². The third-order valence-electron chi connectivity index (χ3n) is 5.01. The van der Waals surface area contributed by atoms with E-state index < -0.39 is 10.2 Å². The van der Waals surface area contributed by atoms with E-state index in [0.717, 1.165) is 19.4 Å². The Morgan fingerprint density at radius 3 is 2.68 bits per heavy atom. The van der Waals surface area contributed by atoms with Crippen molar-refractivity contribution in [2.75, 3.05) is 40.8 Å². The summed E-state index contributed by atoms with van der Waals surface area (Å²) in [6.07, 6.45) is 3.30. The van der Waals surface area contributed by atoms with Crippen LogP contribution in [0.4, 0.5) is 0 Å². The number of hydrogen-bond donors (Lipinski definition) is 0. The topological polar surface area (TPSA) is 83.3 Å². The molecule has 3 saturated heterocycles. The number of nitrogens with zero attached hydrogens (tertiary/aromatic N) is 3. The minimum atomic E-state index is -3.41. The standard InChI is InChI=1S/C16H25N3O5S/c1-17(2)25(21,22)19-8-12-4-5-13(9-19)18(7-12)10-14-6-15(20)16(23-3)11-24-14/h6,11-13H,4-5,7-10H2,1-3H3/t12-,13-/m1/s1. The van der Waals surface area contributed by atoms with E-state index in [9.17, 15) is 13.2 Å². The highest BCUT2D eigenvalue weighted by molar-refractivity contribution is 7.86. The molecule has 0 N–H and O–H groups in total. The van der Waals surface area contributed by atoms with Crippen LogP contribution in [0, 0.1) is 5.92 Å². The summed E-state index contributed by atoms with van der Waals surface area (Å²) in [6.45, 7) is 2.31. The third-order valence-corrected chi connectivity index (χ3v) is 6.89. The summed E-state index contributed by atoms with van der Waals surface area (Å²) in [7, 11) is 1.14. The molecule has 1 aromatic heterocycles. The monoisotopic (exact) mass is 371 g/mol. The molecule has 2 atom stereocenters. The van der Waals surface area contributed by atoms with Crippen LogP contribution in [0.2, 0.25) is 0 Å². The van der Waals surface area contributed by atoms with Crippen molar-refractivity contribution in [3.05, 3.63) is 28.3 Å². The maximum atomic E-state index is 12.5. The Balaban J connectivity index is 1.77. The Hall–Kier alpha value is -1.42.